The van der Waals surface area contributed by atoms with Gasteiger partial charge in [0.15, 0.2) is 11.6 Å². The van der Waals surface area contributed by atoms with E-state index in [1.165, 1.54) is 25.5 Å². The van der Waals surface area contributed by atoms with Gasteiger partial charge in [-0.3, -0.25) is 9.69 Å². The van der Waals surface area contributed by atoms with Crippen LogP contribution in [0.3, 0.4) is 0 Å². The van der Waals surface area contributed by atoms with Crippen LogP contribution in [-0.4, -0.2) is 65.7 Å². The maximum Gasteiger partial charge on any atom is 0.490 e. The Morgan fingerprint density at radius 2 is 1.54 bits per heavy atom. The second-order valence-corrected chi connectivity index (χ2v) is 9.24. The molecule has 37 heavy (non-hydrogen) atoms. The van der Waals surface area contributed by atoms with E-state index in [2.05, 4.69) is 29.0 Å². The van der Waals surface area contributed by atoms with Crippen LogP contribution in [0.25, 0.3) is 0 Å². The molecule has 3 rings (SSSR count). The predicted octanol–water partition coefficient (Wildman–Crippen LogP) is 5.40. The summed E-state index contributed by atoms with van der Waals surface area (Å²) in [5.74, 6) is -4.28. The van der Waals surface area contributed by atoms with Crippen molar-refractivity contribution in [3.8, 4) is 0 Å². The minimum atomic E-state index is -5.08. The molecule has 2 aromatic carbocycles. The Kier molecular flexibility index (Phi) is 11.4. The molecule has 0 bridgehead atoms. The first-order valence-corrected chi connectivity index (χ1v) is 12.0. The second kappa shape index (κ2) is 14.0. The number of anilines is 1. The van der Waals surface area contributed by atoms with Gasteiger partial charge in [0.1, 0.15) is 0 Å². The predicted molar refractivity (Wildman–Crippen MR) is 130 cm³/mol. The number of carboxylic acid groups (broad SMARTS) is 1. The van der Waals surface area contributed by atoms with Crippen LogP contribution in [0.15, 0.2) is 42.5 Å². The van der Waals surface area contributed by atoms with Crippen LogP contribution in [0, 0.1) is 17.6 Å². The number of hydrogen-bond acceptors (Lipinski definition) is 4. The lowest BCUT2D eigenvalue weighted by atomic mass is 10.1. The van der Waals surface area contributed by atoms with E-state index in [0.717, 1.165) is 56.3 Å². The van der Waals surface area contributed by atoms with Gasteiger partial charge in [0, 0.05) is 37.0 Å². The van der Waals surface area contributed by atoms with Crippen molar-refractivity contribution in [2.45, 2.75) is 39.4 Å². The van der Waals surface area contributed by atoms with Crippen molar-refractivity contribution in [3.63, 3.8) is 0 Å². The molecule has 0 spiro atoms. The quantitative estimate of drug-likeness (QED) is 0.470. The third-order valence-corrected chi connectivity index (χ3v) is 5.75. The van der Waals surface area contributed by atoms with Crippen LogP contribution in [0.2, 0.25) is 0 Å². The van der Waals surface area contributed by atoms with Crippen molar-refractivity contribution in [1.82, 2.24) is 9.80 Å². The van der Waals surface area contributed by atoms with Crippen molar-refractivity contribution >= 4 is 17.6 Å². The van der Waals surface area contributed by atoms with Crippen molar-refractivity contribution in [3.05, 3.63) is 65.2 Å². The highest BCUT2D eigenvalue weighted by Crippen LogP contribution is 2.16. The summed E-state index contributed by atoms with van der Waals surface area (Å²) in [5.41, 5.74) is 1.88. The molecule has 6 nitrogen and oxygen atoms in total. The van der Waals surface area contributed by atoms with E-state index in [4.69, 9.17) is 9.90 Å². The Morgan fingerprint density at radius 3 is 2.11 bits per heavy atom. The van der Waals surface area contributed by atoms with Crippen molar-refractivity contribution in [2.24, 2.45) is 5.92 Å². The molecule has 0 radical (unpaired) electrons. The SMILES string of the molecule is CC(C)CCN1CCCN(Cc2ccc(C(=O)Nc3ccc(F)c(F)c3)cc2)CC1.O=C(O)C(F)(F)F. The molecule has 2 N–H and O–H groups in total. The average molecular weight is 530 g/mol. The monoisotopic (exact) mass is 529 g/mol. The molecular weight excluding hydrogens is 497 g/mol. The van der Waals surface area contributed by atoms with Gasteiger partial charge in [-0.15, -0.1) is 0 Å². The number of hydrogen-bond donors (Lipinski definition) is 2. The number of nitrogens with one attached hydrogen (secondary N) is 1. The summed E-state index contributed by atoms with van der Waals surface area (Å²) in [5, 5.41) is 9.72. The van der Waals surface area contributed by atoms with Crippen LogP contribution in [0.4, 0.5) is 27.6 Å². The van der Waals surface area contributed by atoms with Gasteiger partial charge in [-0.05, 0) is 68.2 Å². The number of carboxylic acids is 1. The zero-order chi connectivity index (χ0) is 27.6. The Bertz CT molecular complexity index is 1030. The van der Waals surface area contributed by atoms with Gasteiger partial charge in [0.2, 0.25) is 0 Å². The summed E-state index contributed by atoms with van der Waals surface area (Å²) < 4.78 is 58.1. The van der Waals surface area contributed by atoms with Crippen LogP contribution in [-0.2, 0) is 11.3 Å². The molecule has 0 unspecified atom stereocenters. The fourth-order valence-electron chi connectivity index (χ4n) is 3.64. The summed E-state index contributed by atoms with van der Waals surface area (Å²) in [7, 11) is 0. The number of amides is 1. The first-order valence-electron chi connectivity index (χ1n) is 12.0. The third kappa shape index (κ3) is 10.8. The molecule has 1 saturated heterocycles. The van der Waals surface area contributed by atoms with E-state index < -0.39 is 23.8 Å². The van der Waals surface area contributed by atoms with Crippen molar-refractivity contribution in [2.75, 3.05) is 38.0 Å². The molecule has 0 aromatic heterocycles. The molecule has 1 amide bonds. The maximum atomic E-state index is 13.3. The average Bonchev–Trinajstić information content (AvgIpc) is 3.05. The van der Waals surface area contributed by atoms with Crippen LogP contribution >= 0.6 is 0 Å². The molecule has 11 heteroatoms. The first-order chi connectivity index (χ1) is 17.3. The van der Waals surface area contributed by atoms with Crippen LogP contribution < -0.4 is 5.32 Å². The number of alkyl halides is 3. The van der Waals surface area contributed by atoms with Crippen LogP contribution in [0.1, 0.15) is 42.6 Å². The number of carbonyl (C=O) groups excluding carboxylic acids is 1. The van der Waals surface area contributed by atoms with E-state index >= 15 is 0 Å². The Morgan fingerprint density at radius 1 is 0.946 bits per heavy atom. The van der Waals surface area contributed by atoms with Gasteiger partial charge in [0.05, 0.1) is 0 Å². The Balaban J connectivity index is 0.000000604. The highest BCUT2D eigenvalue weighted by molar-refractivity contribution is 6.04. The molecule has 1 aliphatic rings. The van der Waals surface area contributed by atoms with Gasteiger partial charge >= 0.3 is 12.1 Å². The van der Waals surface area contributed by atoms with E-state index in [-0.39, 0.29) is 11.6 Å². The third-order valence-electron chi connectivity index (χ3n) is 5.75. The van der Waals surface area contributed by atoms with E-state index in [9.17, 15) is 26.7 Å². The van der Waals surface area contributed by atoms with Gasteiger partial charge in [-0.1, -0.05) is 26.0 Å². The summed E-state index contributed by atoms with van der Waals surface area (Å²) in [4.78, 5) is 26.3. The van der Waals surface area contributed by atoms with Crippen molar-refractivity contribution < 1.29 is 36.6 Å². The molecule has 0 atom stereocenters. The highest BCUT2D eigenvalue weighted by Gasteiger charge is 2.38. The van der Waals surface area contributed by atoms with Gasteiger partial charge in [-0.25, -0.2) is 13.6 Å². The number of rotatable bonds is 7. The number of carbonyl (C=O) groups is 2. The minimum absolute atomic E-state index is 0.231. The van der Waals surface area contributed by atoms with Gasteiger partial charge < -0.3 is 15.3 Å². The smallest absolute Gasteiger partial charge is 0.475 e. The lowest BCUT2D eigenvalue weighted by molar-refractivity contribution is -0.192. The topological polar surface area (TPSA) is 72.9 Å². The standard InChI is InChI=1S/C24H31F2N3O.C2HF3O2/c1-18(2)10-13-28-11-3-12-29(15-14-28)17-19-4-6-20(7-5-19)24(30)27-21-8-9-22(25)23(26)16-21;3-2(4,5)1(6)7/h4-9,16,18H,3,10-15,17H2,1-2H3,(H,27,30);(H,6,7). The molecular formula is C26H32F5N3O3. The molecule has 1 heterocycles. The minimum Gasteiger partial charge on any atom is -0.475 e. The molecule has 0 aliphatic carbocycles. The fraction of sp³-hybridized carbons (Fsp3) is 0.462. The summed E-state index contributed by atoms with van der Waals surface area (Å²) >= 11 is 0. The molecule has 1 fully saturated rings. The summed E-state index contributed by atoms with van der Waals surface area (Å²) in [6.45, 7) is 11.0. The first kappa shape index (κ1) is 30.2. The maximum absolute atomic E-state index is 13.3. The number of aliphatic carboxylic acids is 1. The van der Waals surface area contributed by atoms with Gasteiger partial charge in [-0.2, -0.15) is 13.2 Å². The Hall–Kier alpha value is -3.05. The highest BCUT2D eigenvalue weighted by atomic mass is 19.4. The number of nitrogens with zero attached hydrogens (tertiary/aromatic N) is 2. The van der Waals surface area contributed by atoms with Crippen LogP contribution in [0.5, 0.6) is 0 Å². The lowest BCUT2D eigenvalue weighted by Gasteiger charge is -2.22. The molecule has 1 aliphatic heterocycles. The largest absolute Gasteiger partial charge is 0.490 e. The van der Waals surface area contributed by atoms with Crippen molar-refractivity contribution in [1.29, 1.82) is 0 Å². The second-order valence-electron chi connectivity index (χ2n) is 9.24. The zero-order valence-electron chi connectivity index (χ0n) is 20.8. The Labute approximate surface area is 213 Å². The normalized spacial score (nSPS) is 15.0. The zero-order valence-corrected chi connectivity index (χ0v) is 20.8. The molecule has 0 saturated carbocycles. The van der Waals surface area contributed by atoms with E-state index in [1.807, 2.05) is 12.1 Å². The van der Waals surface area contributed by atoms with Gasteiger partial charge in [0.25, 0.3) is 5.91 Å². The number of halogens is 5. The summed E-state index contributed by atoms with van der Waals surface area (Å²) in [6.07, 6.45) is -2.67. The van der Waals surface area contributed by atoms with E-state index in [1.54, 1.807) is 12.1 Å². The summed E-state index contributed by atoms with van der Waals surface area (Å²) in [6, 6.07) is 10.8. The molecule has 204 valence electrons. The molecule has 2 aromatic rings. The fourth-order valence-corrected chi connectivity index (χ4v) is 3.64. The number of benzene rings is 2. The lowest BCUT2D eigenvalue weighted by Crippen LogP contribution is -2.31. The van der Waals surface area contributed by atoms with E-state index in [0.29, 0.717) is 5.56 Å².